The molecule has 198 valence electrons. The molecule has 2 N–H and O–H groups in total. The zero-order valence-electron chi connectivity index (χ0n) is 22.7. The highest BCUT2D eigenvalue weighted by molar-refractivity contribution is 5.93. The third kappa shape index (κ3) is 5.83. The lowest BCUT2D eigenvalue weighted by Gasteiger charge is -2.32. The van der Waals surface area contributed by atoms with Crippen molar-refractivity contribution >= 4 is 22.5 Å². The Kier molecular flexibility index (Phi) is 7.94. The lowest BCUT2D eigenvalue weighted by atomic mass is 9.89. The second-order valence-electron chi connectivity index (χ2n) is 11.0. The maximum absolute atomic E-state index is 13.6. The summed E-state index contributed by atoms with van der Waals surface area (Å²) in [4.78, 5) is 18.3. The number of halogens is 1. The maximum Gasteiger partial charge on any atom is 0.226 e. The van der Waals surface area contributed by atoms with E-state index in [4.69, 9.17) is 0 Å². The fourth-order valence-corrected chi connectivity index (χ4v) is 5.67. The average Bonchev–Trinajstić information content (AvgIpc) is 3.29. The number of para-hydroxylation sites is 1. The molecule has 0 unspecified atom stereocenters. The lowest BCUT2D eigenvalue weighted by Crippen LogP contribution is -2.33. The molecule has 4 nitrogen and oxygen atoms in total. The number of benzene rings is 3. The number of nitrogens with zero attached hydrogens (tertiary/aromatic N) is 1. The Morgan fingerprint density at radius 2 is 1.79 bits per heavy atom. The number of aromatic amines is 1. The van der Waals surface area contributed by atoms with Crippen LogP contribution in [0.3, 0.4) is 0 Å². The van der Waals surface area contributed by atoms with E-state index in [9.17, 15) is 9.18 Å². The van der Waals surface area contributed by atoms with Crippen molar-refractivity contribution in [2.24, 2.45) is 5.92 Å². The predicted molar refractivity (Wildman–Crippen MR) is 155 cm³/mol. The number of hydrogen-bond donors (Lipinski definition) is 2. The second kappa shape index (κ2) is 11.5. The Hall–Kier alpha value is -3.44. The molecule has 5 heteroatoms. The Morgan fingerprint density at radius 3 is 2.53 bits per heavy atom. The molecule has 0 spiro atoms. The van der Waals surface area contributed by atoms with Crippen molar-refractivity contribution in [2.75, 3.05) is 25.0 Å². The minimum Gasteiger partial charge on any atom is -0.354 e. The SMILES string of the molecule is Cc1cccc2c(CCCN3CCC(c4cccc(NC(=O)C(C)C)c4)CC3)c(-c3ccc(F)cc3)[nH]c12. The molecular weight excluding hydrogens is 473 g/mol. The number of carbonyl (C=O) groups is 1. The number of rotatable bonds is 8. The zero-order valence-corrected chi connectivity index (χ0v) is 22.7. The van der Waals surface area contributed by atoms with E-state index in [2.05, 4.69) is 58.5 Å². The van der Waals surface area contributed by atoms with Gasteiger partial charge in [0.1, 0.15) is 5.82 Å². The molecule has 0 radical (unpaired) electrons. The molecule has 0 atom stereocenters. The molecule has 1 amide bonds. The predicted octanol–water partition coefficient (Wildman–Crippen LogP) is 7.69. The Morgan fingerprint density at radius 1 is 1.05 bits per heavy atom. The van der Waals surface area contributed by atoms with Gasteiger partial charge in [0.25, 0.3) is 0 Å². The summed E-state index contributed by atoms with van der Waals surface area (Å²) >= 11 is 0. The minimum absolute atomic E-state index is 0.0260. The number of piperidine rings is 1. The van der Waals surface area contributed by atoms with Crippen LogP contribution in [-0.2, 0) is 11.2 Å². The number of nitrogens with one attached hydrogen (secondary N) is 2. The van der Waals surface area contributed by atoms with Crippen LogP contribution in [0.15, 0.2) is 66.7 Å². The quantitative estimate of drug-likeness (QED) is 0.255. The number of carbonyl (C=O) groups excluding carboxylic acids is 1. The lowest BCUT2D eigenvalue weighted by molar-refractivity contribution is -0.118. The molecule has 1 aromatic heterocycles. The smallest absolute Gasteiger partial charge is 0.226 e. The van der Waals surface area contributed by atoms with E-state index in [0.29, 0.717) is 5.92 Å². The van der Waals surface area contributed by atoms with Crippen LogP contribution in [0.1, 0.15) is 55.7 Å². The molecule has 0 aliphatic carbocycles. The number of likely N-dealkylation sites (tertiary alicyclic amines) is 1. The van der Waals surface area contributed by atoms with E-state index in [-0.39, 0.29) is 17.6 Å². The summed E-state index contributed by atoms with van der Waals surface area (Å²) < 4.78 is 13.6. The molecule has 3 aromatic carbocycles. The van der Waals surface area contributed by atoms with Crippen molar-refractivity contribution in [1.29, 1.82) is 0 Å². The largest absolute Gasteiger partial charge is 0.354 e. The molecule has 0 bridgehead atoms. The van der Waals surface area contributed by atoms with Crippen LogP contribution in [0.5, 0.6) is 0 Å². The van der Waals surface area contributed by atoms with Crippen molar-refractivity contribution in [3.8, 4) is 11.3 Å². The van der Waals surface area contributed by atoms with Gasteiger partial charge in [-0.3, -0.25) is 4.79 Å². The number of aromatic nitrogens is 1. The Labute approximate surface area is 225 Å². The van der Waals surface area contributed by atoms with E-state index < -0.39 is 0 Å². The van der Waals surface area contributed by atoms with E-state index in [1.807, 2.05) is 32.0 Å². The van der Waals surface area contributed by atoms with Gasteiger partial charge in [-0.05, 0) is 117 Å². The van der Waals surface area contributed by atoms with Gasteiger partial charge in [0, 0.05) is 28.2 Å². The molecule has 1 saturated heterocycles. The van der Waals surface area contributed by atoms with Gasteiger partial charge in [-0.25, -0.2) is 4.39 Å². The summed E-state index contributed by atoms with van der Waals surface area (Å²) in [5.41, 5.74) is 8.09. The topological polar surface area (TPSA) is 48.1 Å². The Balaban J connectivity index is 1.21. The number of amides is 1. The molecule has 38 heavy (non-hydrogen) atoms. The van der Waals surface area contributed by atoms with Crippen molar-refractivity contribution in [3.63, 3.8) is 0 Å². The molecule has 1 aliphatic rings. The summed E-state index contributed by atoms with van der Waals surface area (Å²) in [6.07, 6.45) is 4.33. The number of fused-ring (bicyclic) bond motifs is 1. The van der Waals surface area contributed by atoms with Crippen LogP contribution in [0.25, 0.3) is 22.2 Å². The summed E-state index contributed by atoms with van der Waals surface area (Å²) in [5, 5.41) is 4.31. The second-order valence-corrected chi connectivity index (χ2v) is 11.0. The van der Waals surface area contributed by atoms with Gasteiger partial charge in [0.15, 0.2) is 0 Å². The van der Waals surface area contributed by atoms with Crippen LogP contribution in [0, 0.1) is 18.7 Å². The normalized spacial score (nSPS) is 14.9. The van der Waals surface area contributed by atoms with E-state index >= 15 is 0 Å². The summed E-state index contributed by atoms with van der Waals surface area (Å²) in [5.74, 6) is 0.355. The Bertz CT molecular complexity index is 1400. The van der Waals surface area contributed by atoms with Gasteiger partial charge in [-0.1, -0.05) is 44.2 Å². The monoisotopic (exact) mass is 511 g/mol. The summed E-state index contributed by atoms with van der Waals surface area (Å²) in [6.45, 7) is 9.21. The van der Waals surface area contributed by atoms with E-state index in [1.165, 1.54) is 39.7 Å². The first-order valence-electron chi connectivity index (χ1n) is 13.9. The van der Waals surface area contributed by atoms with Crippen molar-refractivity contribution in [1.82, 2.24) is 9.88 Å². The van der Waals surface area contributed by atoms with Crippen molar-refractivity contribution < 1.29 is 9.18 Å². The fraction of sp³-hybridized carbons (Fsp3) is 0.364. The number of hydrogen-bond acceptors (Lipinski definition) is 2. The van der Waals surface area contributed by atoms with Crippen LogP contribution in [-0.4, -0.2) is 35.4 Å². The maximum atomic E-state index is 13.6. The van der Waals surface area contributed by atoms with Gasteiger partial charge in [-0.15, -0.1) is 0 Å². The molecule has 5 rings (SSSR count). The highest BCUT2D eigenvalue weighted by Crippen LogP contribution is 2.34. The number of aryl methyl sites for hydroxylation is 2. The number of anilines is 1. The van der Waals surface area contributed by atoms with Crippen molar-refractivity contribution in [3.05, 3.63) is 89.2 Å². The van der Waals surface area contributed by atoms with Gasteiger partial charge in [0.2, 0.25) is 5.91 Å². The highest BCUT2D eigenvalue weighted by atomic mass is 19.1. The molecular formula is C33H38FN3O. The summed E-state index contributed by atoms with van der Waals surface area (Å²) in [6, 6.07) is 21.6. The van der Waals surface area contributed by atoms with E-state index in [0.717, 1.165) is 62.3 Å². The average molecular weight is 512 g/mol. The fourth-order valence-electron chi connectivity index (χ4n) is 5.67. The third-order valence-electron chi connectivity index (χ3n) is 7.92. The van der Waals surface area contributed by atoms with Crippen LogP contribution >= 0.6 is 0 Å². The van der Waals surface area contributed by atoms with Crippen LogP contribution in [0.2, 0.25) is 0 Å². The van der Waals surface area contributed by atoms with E-state index in [1.54, 1.807) is 0 Å². The van der Waals surface area contributed by atoms with Gasteiger partial charge in [-0.2, -0.15) is 0 Å². The van der Waals surface area contributed by atoms with Crippen molar-refractivity contribution in [2.45, 2.75) is 52.4 Å². The molecule has 0 saturated carbocycles. The minimum atomic E-state index is -0.210. The molecule has 4 aromatic rings. The van der Waals surface area contributed by atoms with Gasteiger partial charge in [0.05, 0.1) is 0 Å². The first-order chi connectivity index (χ1) is 18.4. The van der Waals surface area contributed by atoms with Crippen LogP contribution < -0.4 is 5.32 Å². The standard InChI is InChI=1S/C33H38FN3O/c1-22(2)33(38)35-28-9-5-8-26(21-28)24-16-19-37(20-17-24)18-6-11-30-29-10-4-7-23(3)31(29)36-32(30)25-12-14-27(34)15-13-25/h4-5,7-10,12-15,21-22,24,36H,6,11,16-20H2,1-3H3,(H,35,38). The first kappa shape index (κ1) is 26.2. The van der Waals surface area contributed by atoms with Crippen LogP contribution in [0.4, 0.5) is 10.1 Å². The third-order valence-corrected chi connectivity index (χ3v) is 7.92. The first-order valence-corrected chi connectivity index (χ1v) is 13.9. The molecule has 1 fully saturated rings. The van der Waals surface area contributed by atoms with Gasteiger partial charge < -0.3 is 15.2 Å². The molecule has 2 heterocycles. The van der Waals surface area contributed by atoms with Gasteiger partial charge >= 0.3 is 0 Å². The number of H-pyrrole nitrogens is 1. The highest BCUT2D eigenvalue weighted by Gasteiger charge is 2.21. The zero-order chi connectivity index (χ0) is 26.6. The summed E-state index contributed by atoms with van der Waals surface area (Å²) in [7, 11) is 0. The molecule has 1 aliphatic heterocycles.